The van der Waals surface area contributed by atoms with Crippen LogP contribution in [0.15, 0.2) is 30.3 Å². The molecule has 0 aliphatic carbocycles. The molecule has 1 aromatic rings. The zero-order valence-corrected chi connectivity index (χ0v) is 13.8. The van der Waals surface area contributed by atoms with E-state index < -0.39 is 12.0 Å². The molecule has 22 heavy (non-hydrogen) atoms. The first-order valence-electron chi connectivity index (χ1n) is 7.23. The van der Waals surface area contributed by atoms with Crippen molar-refractivity contribution in [1.29, 1.82) is 0 Å². The molecule has 1 fully saturated rings. The summed E-state index contributed by atoms with van der Waals surface area (Å²) in [4.78, 5) is 27.4. The zero-order chi connectivity index (χ0) is 15.4. The SMILES string of the molecule is CN(C)C(=O)C(c1ccccc1)N1CCCC(C(=O)O)C1.Cl. The van der Waals surface area contributed by atoms with Crippen LogP contribution in [0.1, 0.15) is 24.4 Å². The first-order valence-corrected chi connectivity index (χ1v) is 7.23. The van der Waals surface area contributed by atoms with Crippen molar-refractivity contribution in [2.24, 2.45) is 5.92 Å². The highest BCUT2D eigenvalue weighted by atomic mass is 35.5. The lowest BCUT2D eigenvalue weighted by atomic mass is 9.94. The third-order valence-corrected chi connectivity index (χ3v) is 3.96. The average Bonchev–Trinajstić information content (AvgIpc) is 2.48. The molecule has 0 bridgehead atoms. The van der Waals surface area contributed by atoms with Crippen molar-refractivity contribution in [2.45, 2.75) is 18.9 Å². The number of aliphatic carboxylic acids is 1. The molecule has 0 spiro atoms. The summed E-state index contributed by atoms with van der Waals surface area (Å²) in [7, 11) is 3.47. The van der Waals surface area contributed by atoms with E-state index in [1.54, 1.807) is 19.0 Å². The van der Waals surface area contributed by atoms with E-state index in [9.17, 15) is 14.7 Å². The minimum Gasteiger partial charge on any atom is -0.481 e. The van der Waals surface area contributed by atoms with Gasteiger partial charge in [-0.3, -0.25) is 14.5 Å². The molecular formula is C16H23ClN2O3. The van der Waals surface area contributed by atoms with Crippen molar-refractivity contribution in [1.82, 2.24) is 9.80 Å². The van der Waals surface area contributed by atoms with Crippen LogP contribution in [0.2, 0.25) is 0 Å². The predicted molar refractivity (Wildman–Crippen MR) is 87.1 cm³/mol. The van der Waals surface area contributed by atoms with Gasteiger partial charge in [-0.1, -0.05) is 30.3 Å². The van der Waals surface area contributed by atoms with E-state index in [1.165, 1.54) is 0 Å². The summed E-state index contributed by atoms with van der Waals surface area (Å²) in [5, 5.41) is 9.23. The summed E-state index contributed by atoms with van der Waals surface area (Å²) >= 11 is 0. The number of hydrogen-bond acceptors (Lipinski definition) is 3. The Hall–Kier alpha value is -1.59. The number of nitrogens with zero attached hydrogens (tertiary/aromatic N) is 2. The number of carboxylic acid groups (broad SMARTS) is 1. The zero-order valence-electron chi connectivity index (χ0n) is 12.9. The Morgan fingerprint density at radius 3 is 2.45 bits per heavy atom. The van der Waals surface area contributed by atoms with Gasteiger partial charge < -0.3 is 10.0 Å². The molecule has 1 aliphatic rings. The first-order chi connectivity index (χ1) is 10.0. The van der Waals surface area contributed by atoms with Crippen LogP contribution in [0.3, 0.4) is 0 Å². The van der Waals surface area contributed by atoms with Crippen LogP contribution in [-0.4, -0.2) is 54.0 Å². The largest absolute Gasteiger partial charge is 0.481 e. The molecule has 2 atom stereocenters. The number of carbonyl (C=O) groups is 2. The van der Waals surface area contributed by atoms with Crippen LogP contribution in [-0.2, 0) is 9.59 Å². The molecule has 1 amide bonds. The smallest absolute Gasteiger partial charge is 0.307 e. The molecule has 122 valence electrons. The van der Waals surface area contributed by atoms with E-state index in [0.717, 1.165) is 18.5 Å². The Morgan fingerprint density at radius 2 is 1.91 bits per heavy atom. The number of piperidine rings is 1. The van der Waals surface area contributed by atoms with E-state index in [2.05, 4.69) is 0 Å². The Balaban J connectivity index is 0.00000242. The molecule has 1 N–H and O–H groups in total. The molecule has 1 aromatic carbocycles. The fourth-order valence-electron chi connectivity index (χ4n) is 2.83. The van der Waals surface area contributed by atoms with Crippen molar-refractivity contribution in [3.63, 3.8) is 0 Å². The van der Waals surface area contributed by atoms with Gasteiger partial charge in [-0.15, -0.1) is 12.4 Å². The second kappa shape index (κ2) is 8.15. The summed E-state index contributed by atoms with van der Waals surface area (Å²) in [5.74, 6) is -1.17. The van der Waals surface area contributed by atoms with E-state index >= 15 is 0 Å². The highest BCUT2D eigenvalue weighted by molar-refractivity contribution is 5.85. The molecule has 2 unspecified atom stereocenters. The van der Waals surface area contributed by atoms with Gasteiger partial charge in [-0.2, -0.15) is 0 Å². The lowest BCUT2D eigenvalue weighted by Gasteiger charge is -2.37. The van der Waals surface area contributed by atoms with Gasteiger partial charge in [0.15, 0.2) is 0 Å². The first kappa shape index (κ1) is 18.5. The van der Waals surface area contributed by atoms with Gasteiger partial charge in [-0.05, 0) is 24.9 Å². The van der Waals surface area contributed by atoms with Crippen LogP contribution >= 0.6 is 12.4 Å². The van der Waals surface area contributed by atoms with E-state index in [-0.39, 0.29) is 24.2 Å². The minimum atomic E-state index is -0.774. The lowest BCUT2D eigenvalue weighted by Crippen LogP contribution is -2.46. The maximum Gasteiger partial charge on any atom is 0.307 e. The van der Waals surface area contributed by atoms with Crippen LogP contribution in [0, 0.1) is 5.92 Å². The highest BCUT2D eigenvalue weighted by Gasteiger charge is 2.34. The van der Waals surface area contributed by atoms with E-state index in [1.807, 2.05) is 35.2 Å². The summed E-state index contributed by atoms with van der Waals surface area (Å²) in [6.45, 7) is 1.18. The number of likely N-dealkylation sites (N-methyl/N-ethyl adjacent to an activating group) is 1. The fraction of sp³-hybridized carbons (Fsp3) is 0.500. The standard InChI is InChI=1S/C16H22N2O3.ClH/c1-17(2)15(19)14(12-7-4-3-5-8-12)18-10-6-9-13(11-18)16(20)21;/h3-5,7-8,13-14H,6,9-11H2,1-2H3,(H,20,21);1H. The maximum absolute atomic E-state index is 12.6. The molecule has 1 saturated heterocycles. The van der Waals surface area contributed by atoms with Gasteiger partial charge in [0.25, 0.3) is 0 Å². The van der Waals surface area contributed by atoms with Crippen LogP contribution in [0.4, 0.5) is 0 Å². The second-order valence-electron chi connectivity index (χ2n) is 5.72. The fourth-order valence-corrected chi connectivity index (χ4v) is 2.83. The number of carbonyl (C=O) groups excluding carboxylic acids is 1. The van der Waals surface area contributed by atoms with E-state index in [4.69, 9.17) is 0 Å². The highest BCUT2D eigenvalue weighted by Crippen LogP contribution is 2.28. The topological polar surface area (TPSA) is 60.9 Å². The quantitative estimate of drug-likeness (QED) is 0.919. The molecule has 0 radical (unpaired) electrons. The van der Waals surface area contributed by atoms with Crippen molar-refractivity contribution >= 4 is 24.3 Å². The normalized spacial score (nSPS) is 19.8. The maximum atomic E-state index is 12.6. The Morgan fingerprint density at radius 1 is 1.27 bits per heavy atom. The lowest BCUT2D eigenvalue weighted by molar-refractivity contribution is -0.146. The predicted octanol–water partition coefficient (Wildman–Crippen LogP) is 2.03. The third-order valence-electron chi connectivity index (χ3n) is 3.96. The number of rotatable bonds is 4. The second-order valence-corrected chi connectivity index (χ2v) is 5.72. The van der Waals surface area contributed by atoms with Crippen molar-refractivity contribution in [3.05, 3.63) is 35.9 Å². The van der Waals surface area contributed by atoms with Crippen molar-refractivity contribution in [2.75, 3.05) is 27.2 Å². The van der Waals surface area contributed by atoms with Crippen LogP contribution < -0.4 is 0 Å². The number of likely N-dealkylation sites (tertiary alicyclic amines) is 1. The Labute approximate surface area is 137 Å². The molecule has 6 heteroatoms. The van der Waals surface area contributed by atoms with Crippen LogP contribution in [0.5, 0.6) is 0 Å². The monoisotopic (exact) mass is 326 g/mol. The van der Waals surface area contributed by atoms with Gasteiger partial charge in [0, 0.05) is 20.6 Å². The summed E-state index contributed by atoms with van der Waals surface area (Å²) < 4.78 is 0. The number of halogens is 1. The van der Waals surface area contributed by atoms with E-state index in [0.29, 0.717) is 13.0 Å². The van der Waals surface area contributed by atoms with Gasteiger partial charge in [0.05, 0.1) is 5.92 Å². The van der Waals surface area contributed by atoms with Crippen molar-refractivity contribution in [3.8, 4) is 0 Å². The number of benzene rings is 1. The molecular weight excluding hydrogens is 304 g/mol. The van der Waals surface area contributed by atoms with Crippen molar-refractivity contribution < 1.29 is 14.7 Å². The molecule has 0 saturated carbocycles. The molecule has 1 aliphatic heterocycles. The van der Waals surface area contributed by atoms with Gasteiger partial charge in [0.2, 0.25) is 5.91 Å². The Bertz CT molecular complexity index is 507. The summed E-state index contributed by atoms with van der Waals surface area (Å²) in [6.07, 6.45) is 1.49. The third kappa shape index (κ3) is 4.21. The molecule has 1 heterocycles. The number of carboxylic acids is 1. The molecule has 0 aromatic heterocycles. The number of hydrogen-bond donors (Lipinski definition) is 1. The molecule has 5 nitrogen and oxygen atoms in total. The average molecular weight is 327 g/mol. The summed E-state index contributed by atoms with van der Waals surface area (Å²) in [6, 6.07) is 9.18. The summed E-state index contributed by atoms with van der Waals surface area (Å²) in [5.41, 5.74) is 0.919. The van der Waals surface area contributed by atoms with Gasteiger partial charge in [-0.25, -0.2) is 0 Å². The number of amides is 1. The minimum absolute atomic E-state index is 0. The van der Waals surface area contributed by atoms with Crippen LogP contribution in [0.25, 0.3) is 0 Å². The van der Waals surface area contributed by atoms with Gasteiger partial charge in [0.1, 0.15) is 6.04 Å². The molecule has 2 rings (SSSR count). The Kier molecular flexibility index (Phi) is 6.84. The van der Waals surface area contributed by atoms with Gasteiger partial charge >= 0.3 is 5.97 Å².